The molecule has 0 saturated heterocycles. The van der Waals surface area contributed by atoms with Crippen LogP contribution >= 0.6 is 0 Å². The number of pyridine rings is 1. The molecule has 0 amide bonds. The Labute approximate surface area is 67.0 Å². The molecule has 1 heterocycles. The lowest BCUT2D eigenvalue weighted by atomic mass is 10.3. The van der Waals surface area contributed by atoms with Gasteiger partial charge >= 0.3 is 0 Å². The Balaban J connectivity index is 2.82. The van der Waals surface area contributed by atoms with Crippen molar-refractivity contribution >= 4 is 10.7 Å². The van der Waals surface area contributed by atoms with Gasteiger partial charge in [-0.2, -0.15) is 0 Å². The van der Waals surface area contributed by atoms with Crippen molar-refractivity contribution in [3.63, 3.8) is 0 Å². The summed E-state index contributed by atoms with van der Waals surface area (Å²) < 4.78 is 20.5. The standard InChI is InChI=1S/C7H9NO2S/c1-6-2-3-7(4-8-6)5-11(9)10/h2-4,11H,5H2,1H3. The van der Waals surface area contributed by atoms with Crippen molar-refractivity contribution in [2.45, 2.75) is 12.7 Å². The molecule has 0 aromatic carbocycles. The maximum absolute atomic E-state index is 10.3. The van der Waals surface area contributed by atoms with Crippen molar-refractivity contribution in [3.05, 3.63) is 29.6 Å². The van der Waals surface area contributed by atoms with Crippen molar-refractivity contribution in [2.75, 3.05) is 0 Å². The highest BCUT2D eigenvalue weighted by atomic mass is 32.2. The SMILES string of the molecule is Cc1ccc(C[SH](=O)=O)cn1. The highest BCUT2D eigenvalue weighted by Crippen LogP contribution is 1.99. The van der Waals surface area contributed by atoms with E-state index in [0.29, 0.717) is 0 Å². The maximum Gasteiger partial charge on any atom is 0.144 e. The molecule has 0 radical (unpaired) electrons. The van der Waals surface area contributed by atoms with Crippen LogP contribution in [0.4, 0.5) is 0 Å². The Morgan fingerprint density at radius 2 is 2.18 bits per heavy atom. The summed E-state index contributed by atoms with van der Waals surface area (Å²) in [5.41, 5.74) is 1.64. The summed E-state index contributed by atoms with van der Waals surface area (Å²) in [4.78, 5) is 3.96. The number of nitrogens with zero attached hydrogens (tertiary/aromatic N) is 1. The average Bonchev–Trinajstić information content (AvgIpc) is 1.93. The van der Waals surface area contributed by atoms with E-state index in [1.807, 2.05) is 6.92 Å². The van der Waals surface area contributed by atoms with Crippen LogP contribution in [0.5, 0.6) is 0 Å². The van der Waals surface area contributed by atoms with Gasteiger partial charge in [0.25, 0.3) is 0 Å². The van der Waals surface area contributed by atoms with Gasteiger partial charge < -0.3 is 0 Å². The second-order valence-corrected chi connectivity index (χ2v) is 3.28. The zero-order chi connectivity index (χ0) is 8.27. The number of rotatable bonds is 2. The van der Waals surface area contributed by atoms with Crippen LogP contribution in [-0.2, 0) is 16.5 Å². The average molecular weight is 171 g/mol. The maximum atomic E-state index is 10.3. The van der Waals surface area contributed by atoms with E-state index < -0.39 is 10.7 Å². The van der Waals surface area contributed by atoms with Gasteiger partial charge in [-0.3, -0.25) is 4.98 Å². The van der Waals surface area contributed by atoms with Crippen LogP contribution in [0.3, 0.4) is 0 Å². The van der Waals surface area contributed by atoms with Crippen LogP contribution in [0.1, 0.15) is 11.3 Å². The van der Waals surface area contributed by atoms with Gasteiger partial charge in [0.05, 0.1) is 5.75 Å². The van der Waals surface area contributed by atoms with Gasteiger partial charge in [-0.1, -0.05) is 6.07 Å². The molecule has 0 aliphatic carbocycles. The van der Waals surface area contributed by atoms with E-state index in [1.165, 1.54) is 0 Å². The smallest absolute Gasteiger partial charge is 0.144 e. The molecule has 0 fully saturated rings. The largest absolute Gasteiger partial charge is 0.261 e. The van der Waals surface area contributed by atoms with Crippen LogP contribution in [0.2, 0.25) is 0 Å². The molecule has 0 saturated carbocycles. The first kappa shape index (κ1) is 8.20. The fourth-order valence-corrected chi connectivity index (χ4v) is 1.23. The lowest BCUT2D eigenvalue weighted by molar-refractivity contribution is 0.614. The molecule has 1 aromatic rings. The Kier molecular flexibility index (Phi) is 2.59. The molecule has 0 aliphatic heterocycles. The number of hydrogen-bond donors (Lipinski definition) is 1. The molecule has 60 valence electrons. The highest BCUT2D eigenvalue weighted by Gasteiger charge is 1.93. The topological polar surface area (TPSA) is 47.0 Å². The zero-order valence-corrected chi connectivity index (χ0v) is 7.04. The molecule has 4 heteroatoms. The molecule has 1 rings (SSSR count). The Bertz CT molecular complexity index is 295. The molecule has 0 aliphatic rings. The van der Waals surface area contributed by atoms with Crippen molar-refractivity contribution in [3.8, 4) is 0 Å². The third-order valence-corrected chi connectivity index (χ3v) is 1.91. The van der Waals surface area contributed by atoms with E-state index in [1.54, 1.807) is 18.3 Å². The predicted molar refractivity (Wildman–Crippen MR) is 43.0 cm³/mol. The van der Waals surface area contributed by atoms with Crippen molar-refractivity contribution < 1.29 is 8.42 Å². The fourth-order valence-electron chi connectivity index (χ4n) is 0.741. The Hall–Kier alpha value is -0.900. The summed E-state index contributed by atoms with van der Waals surface area (Å²) in [5, 5.41) is 0. The number of aryl methyl sites for hydroxylation is 1. The second kappa shape index (κ2) is 3.48. The lowest BCUT2D eigenvalue weighted by Gasteiger charge is -1.93. The summed E-state index contributed by atoms with van der Waals surface area (Å²) in [7, 11) is -2.33. The first-order chi connectivity index (χ1) is 5.18. The molecular formula is C7H9NO2S. The molecule has 0 bridgehead atoms. The summed E-state index contributed by atoms with van der Waals surface area (Å²) in [6.45, 7) is 1.86. The van der Waals surface area contributed by atoms with Crippen LogP contribution in [-0.4, -0.2) is 13.4 Å². The van der Waals surface area contributed by atoms with Gasteiger partial charge in [0.1, 0.15) is 10.7 Å². The summed E-state index contributed by atoms with van der Waals surface area (Å²) in [5.74, 6) is 0.0859. The molecule has 0 atom stereocenters. The van der Waals surface area contributed by atoms with Gasteiger partial charge in [0, 0.05) is 11.9 Å². The highest BCUT2D eigenvalue weighted by molar-refractivity contribution is 7.71. The molecule has 0 N–H and O–H groups in total. The molecule has 1 aromatic heterocycles. The van der Waals surface area contributed by atoms with E-state index >= 15 is 0 Å². The predicted octanol–water partition coefficient (Wildman–Crippen LogP) is 0.501. The summed E-state index contributed by atoms with van der Waals surface area (Å²) in [6, 6.07) is 3.57. The van der Waals surface area contributed by atoms with Gasteiger partial charge in [0.15, 0.2) is 0 Å². The van der Waals surface area contributed by atoms with Crippen LogP contribution in [0.15, 0.2) is 18.3 Å². The number of aromatic nitrogens is 1. The molecule has 3 nitrogen and oxygen atoms in total. The number of thiol groups is 1. The Morgan fingerprint density at radius 3 is 2.64 bits per heavy atom. The third kappa shape index (κ3) is 2.67. The third-order valence-electron chi connectivity index (χ3n) is 1.28. The van der Waals surface area contributed by atoms with Gasteiger partial charge in [0.2, 0.25) is 0 Å². The Morgan fingerprint density at radius 1 is 1.45 bits per heavy atom. The first-order valence-corrected chi connectivity index (χ1v) is 4.58. The van der Waals surface area contributed by atoms with E-state index in [9.17, 15) is 8.42 Å². The lowest BCUT2D eigenvalue weighted by Crippen LogP contribution is -1.88. The molecule has 0 unspecified atom stereocenters. The molecule has 11 heavy (non-hydrogen) atoms. The van der Waals surface area contributed by atoms with Gasteiger partial charge in [-0.15, -0.1) is 0 Å². The van der Waals surface area contributed by atoms with Crippen molar-refractivity contribution in [1.29, 1.82) is 0 Å². The van der Waals surface area contributed by atoms with Gasteiger partial charge in [-0.05, 0) is 18.6 Å². The summed E-state index contributed by atoms with van der Waals surface area (Å²) >= 11 is 0. The van der Waals surface area contributed by atoms with Crippen LogP contribution in [0, 0.1) is 6.92 Å². The first-order valence-electron chi connectivity index (χ1n) is 3.22. The van der Waals surface area contributed by atoms with Crippen molar-refractivity contribution in [1.82, 2.24) is 4.98 Å². The monoisotopic (exact) mass is 171 g/mol. The van der Waals surface area contributed by atoms with E-state index in [-0.39, 0.29) is 5.75 Å². The molecule has 0 spiro atoms. The van der Waals surface area contributed by atoms with E-state index in [2.05, 4.69) is 4.98 Å². The van der Waals surface area contributed by atoms with E-state index in [4.69, 9.17) is 0 Å². The van der Waals surface area contributed by atoms with Crippen LogP contribution in [0.25, 0.3) is 0 Å². The van der Waals surface area contributed by atoms with Gasteiger partial charge in [-0.25, -0.2) is 8.42 Å². The fraction of sp³-hybridized carbons (Fsp3) is 0.286. The summed E-state index contributed by atoms with van der Waals surface area (Å²) in [6.07, 6.45) is 1.58. The minimum Gasteiger partial charge on any atom is -0.261 e. The minimum atomic E-state index is -2.33. The van der Waals surface area contributed by atoms with Crippen LogP contribution < -0.4 is 0 Å². The second-order valence-electron chi connectivity index (χ2n) is 2.30. The normalized spacial score (nSPS) is 10.4. The quantitative estimate of drug-likeness (QED) is 0.659. The minimum absolute atomic E-state index is 0.0859. The zero-order valence-electron chi connectivity index (χ0n) is 6.15. The molecular weight excluding hydrogens is 162 g/mol. The van der Waals surface area contributed by atoms with E-state index in [0.717, 1.165) is 11.3 Å². The number of hydrogen-bond acceptors (Lipinski definition) is 3. The van der Waals surface area contributed by atoms with Crippen molar-refractivity contribution in [2.24, 2.45) is 0 Å².